The van der Waals surface area contributed by atoms with Crippen molar-refractivity contribution >= 4 is 11.7 Å². The van der Waals surface area contributed by atoms with E-state index >= 15 is 0 Å². The zero-order chi connectivity index (χ0) is 13.1. The maximum Gasteiger partial charge on any atom is 0.322 e. The molecule has 3 rings (SSSR count). The monoisotopic (exact) mass is 258 g/mol. The Balaban J connectivity index is 1.79. The number of H-pyrrole nitrogens is 1. The van der Waals surface area contributed by atoms with Crippen molar-refractivity contribution < 1.29 is 4.79 Å². The van der Waals surface area contributed by atoms with E-state index in [0.29, 0.717) is 13.1 Å². The van der Waals surface area contributed by atoms with Gasteiger partial charge in [0.1, 0.15) is 5.82 Å². The number of hydrogen-bond acceptors (Lipinski definition) is 4. The van der Waals surface area contributed by atoms with Crippen LogP contribution in [0.15, 0.2) is 24.3 Å². The molecule has 1 aliphatic rings. The summed E-state index contributed by atoms with van der Waals surface area (Å²) in [6.07, 6.45) is 1.51. The Bertz CT molecular complexity index is 567. The van der Waals surface area contributed by atoms with Crippen molar-refractivity contribution in [2.45, 2.75) is 12.8 Å². The molecule has 1 fully saturated rings. The van der Waals surface area contributed by atoms with E-state index in [1.807, 2.05) is 24.3 Å². The summed E-state index contributed by atoms with van der Waals surface area (Å²) in [5.74, 6) is 0.751. The van der Waals surface area contributed by atoms with Crippen LogP contribution >= 0.6 is 0 Å². The van der Waals surface area contributed by atoms with E-state index in [1.165, 1.54) is 0 Å². The number of aromatic amines is 1. The molecule has 7 heteroatoms. The summed E-state index contributed by atoms with van der Waals surface area (Å²) in [5.41, 5.74) is 2.08. The second-order valence-electron chi connectivity index (χ2n) is 4.36. The Kier molecular flexibility index (Phi) is 3.09. The second-order valence-corrected chi connectivity index (χ2v) is 4.36. The van der Waals surface area contributed by atoms with Crippen LogP contribution in [0.1, 0.15) is 11.4 Å². The molecule has 19 heavy (non-hydrogen) atoms. The number of nitrogens with one attached hydrogen (secondary N) is 2. The maximum atomic E-state index is 11.7. The standard InChI is InChI=1S/C12H14N6O/c19-12-13-7-8-18(12)10-4-2-1-3-9(10)5-6-11-14-16-17-15-11/h1-4H,5-8H2,(H,13,19)(H,14,15,16,17). The van der Waals surface area contributed by atoms with E-state index in [2.05, 4.69) is 25.9 Å². The van der Waals surface area contributed by atoms with Crippen LogP contribution in [0, 0.1) is 0 Å². The summed E-state index contributed by atoms with van der Waals surface area (Å²) in [6, 6.07) is 7.89. The highest BCUT2D eigenvalue weighted by Crippen LogP contribution is 2.23. The molecule has 2 N–H and O–H groups in total. The van der Waals surface area contributed by atoms with E-state index in [1.54, 1.807) is 4.90 Å². The second kappa shape index (κ2) is 5.05. The Hall–Kier alpha value is -2.44. The number of carbonyl (C=O) groups is 1. The average Bonchev–Trinajstić information content (AvgIpc) is 3.08. The summed E-state index contributed by atoms with van der Waals surface area (Å²) >= 11 is 0. The van der Waals surface area contributed by atoms with Gasteiger partial charge in [-0.25, -0.2) is 9.89 Å². The summed E-state index contributed by atoms with van der Waals surface area (Å²) in [7, 11) is 0. The minimum atomic E-state index is -0.0335. The number of anilines is 1. The third kappa shape index (κ3) is 2.40. The lowest BCUT2D eigenvalue weighted by atomic mass is 10.1. The quantitative estimate of drug-likeness (QED) is 0.836. The number of urea groups is 1. The van der Waals surface area contributed by atoms with Crippen LogP contribution in [0.25, 0.3) is 0 Å². The first kappa shape index (κ1) is 11.6. The van der Waals surface area contributed by atoms with Gasteiger partial charge in [0.2, 0.25) is 0 Å². The molecule has 1 aromatic carbocycles. The molecule has 0 atom stereocenters. The molecule has 0 spiro atoms. The molecule has 0 bridgehead atoms. The zero-order valence-corrected chi connectivity index (χ0v) is 10.3. The fourth-order valence-electron chi connectivity index (χ4n) is 2.22. The molecule has 98 valence electrons. The minimum Gasteiger partial charge on any atom is -0.336 e. The molecule has 0 saturated carbocycles. The van der Waals surface area contributed by atoms with Crippen molar-refractivity contribution in [3.05, 3.63) is 35.7 Å². The predicted octanol–water partition coefficient (Wildman–Crippen LogP) is 0.514. The molecule has 0 aliphatic carbocycles. The largest absolute Gasteiger partial charge is 0.336 e. The van der Waals surface area contributed by atoms with Gasteiger partial charge in [-0.15, -0.1) is 5.10 Å². The van der Waals surface area contributed by atoms with Crippen molar-refractivity contribution in [2.75, 3.05) is 18.0 Å². The van der Waals surface area contributed by atoms with Crippen molar-refractivity contribution in [1.29, 1.82) is 0 Å². The first-order valence-corrected chi connectivity index (χ1v) is 6.20. The number of aryl methyl sites for hydroxylation is 2. The van der Waals surface area contributed by atoms with Crippen molar-refractivity contribution in [2.24, 2.45) is 0 Å². The van der Waals surface area contributed by atoms with E-state index in [9.17, 15) is 4.79 Å². The number of benzene rings is 1. The summed E-state index contributed by atoms with van der Waals surface area (Å²) < 4.78 is 0. The molecular weight excluding hydrogens is 244 g/mol. The Labute approximate surface area is 110 Å². The molecule has 1 saturated heterocycles. The molecule has 2 amide bonds. The molecule has 1 aromatic heterocycles. The number of hydrogen-bond donors (Lipinski definition) is 2. The van der Waals surface area contributed by atoms with Crippen molar-refractivity contribution in [3.8, 4) is 0 Å². The van der Waals surface area contributed by atoms with Gasteiger partial charge in [-0.3, -0.25) is 4.90 Å². The fraction of sp³-hybridized carbons (Fsp3) is 0.333. The number of tetrazole rings is 1. The van der Waals surface area contributed by atoms with Crippen LogP contribution < -0.4 is 10.2 Å². The smallest absolute Gasteiger partial charge is 0.322 e. The van der Waals surface area contributed by atoms with Gasteiger partial charge in [0.25, 0.3) is 0 Å². The lowest BCUT2D eigenvalue weighted by Crippen LogP contribution is -2.28. The van der Waals surface area contributed by atoms with Crippen LogP contribution in [0.4, 0.5) is 10.5 Å². The van der Waals surface area contributed by atoms with Crippen molar-refractivity contribution in [1.82, 2.24) is 25.9 Å². The Morgan fingerprint density at radius 3 is 2.89 bits per heavy atom. The predicted molar refractivity (Wildman–Crippen MR) is 68.8 cm³/mol. The van der Waals surface area contributed by atoms with Crippen LogP contribution in [-0.4, -0.2) is 39.7 Å². The van der Waals surface area contributed by atoms with Gasteiger partial charge in [0.15, 0.2) is 0 Å². The number of para-hydroxylation sites is 1. The number of carbonyl (C=O) groups excluding carboxylic acids is 1. The Morgan fingerprint density at radius 1 is 1.26 bits per heavy atom. The maximum absolute atomic E-state index is 11.7. The highest BCUT2D eigenvalue weighted by Gasteiger charge is 2.22. The van der Waals surface area contributed by atoms with Crippen LogP contribution in [-0.2, 0) is 12.8 Å². The molecule has 2 heterocycles. The van der Waals surface area contributed by atoms with Gasteiger partial charge >= 0.3 is 6.03 Å². The van der Waals surface area contributed by atoms with Gasteiger partial charge in [-0.2, -0.15) is 0 Å². The van der Waals surface area contributed by atoms with Gasteiger partial charge in [0.05, 0.1) is 0 Å². The molecule has 7 nitrogen and oxygen atoms in total. The third-order valence-corrected chi connectivity index (χ3v) is 3.16. The van der Waals surface area contributed by atoms with Crippen LogP contribution in [0.5, 0.6) is 0 Å². The summed E-state index contributed by atoms with van der Waals surface area (Å²) in [4.78, 5) is 13.5. The highest BCUT2D eigenvalue weighted by atomic mass is 16.2. The summed E-state index contributed by atoms with van der Waals surface area (Å²) in [5, 5.41) is 16.5. The van der Waals surface area contributed by atoms with Gasteiger partial charge in [-0.05, 0) is 28.5 Å². The Morgan fingerprint density at radius 2 is 2.16 bits per heavy atom. The summed E-state index contributed by atoms with van der Waals surface area (Å²) in [6.45, 7) is 1.40. The van der Waals surface area contributed by atoms with Gasteiger partial charge < -0.3 is 5.32 Å². The highest BCUT2D eigenvalue weighted by molar-refractivity contribution is 5.94. The first-order valence-electron chi connectivity index (χ1n) is 6.20. The topological polar surface area (TPSA) is 86.8 Å². The fourth-order valence-corrected chi connectivity index (χ4v) is 2.22. The zero-order valence-electron chi connectivity index (χ0n) is 10.3. The number of nitrogens with zero attached hydrogens (tertiary/aromatic N) is 4. The van der Waals surface area contributed by atoms with Gasteiger partial charge in [-0.1, -0.05) is 18.2 Å². The van der Waals surface area contributed by atoms with Crippen LogP contribution in [0.3, 0.4) is 0 Å². The third-order valence-electron chi connectivity index (χ3n) is 3.16. The number of rotatable bonds is 4. The normalized spacial score (nSPS) is 14.7. The van der Waals surface area contributed by atoms with E-state index < -0.39 is 0 Å². The molecule has 2 aromatic rings. The van der Waals surface area contributed by atoms with E-state index in [0.717, 1.165) is 29.9 Å². The van der Waals surface area contributed by atoms with Crippen molar-refractivity contribution in [3.63, 3.8) is 0 Å². The molecule has 0 radical (unpaired) electrons. The lowest BCUT2D eigenvalue weighted by molar-refractivity contribution is 0.252. The van der Waals surface area contributed by atoms with Crippen LogP contribution in [0.2, 0.25) is 0 Å². The molecular formula is C12H14N6O. The van der Waals surface area contributed by atoms with Gasteiger partial charge in [0, 0.05) is 25.2 Å². The average molecular weight is 258 g/mol. The SMILES string of the molecule is O=C1NCCN1c1ccccc1CCc1nnn[nH]1. The molecule has 1 aliphatic heterocycles. The lowest BCUT2D eigenvalue weighted by Gasteiger charge is -2.18. The van der Waals surface area contributed by atoms with E-state index in [-0.39, 0.29) is 6.03 Å². The number of aromatic nitrogens is 4. The first-order chi connectivity index (χ1) is 9.34. The minimum absolute atomic E-state index is 0.0335. The molecule has 0 unspecified atom stereocenters. The number of amides is 2. The van der Waals surface area contributed by atoms with E-state index in [4.69, 9.17) is 0 Å².